The van der Waals surface area contributed by atoms with Crippen molar-refractivity contribution >= 4 is 12.0 Å². The van der Waals surface area contributed by atoms with E-state index in [0.717, 1.165) is 6.42 Å². The van der Waals surface area contributed by atoms with E-state index in [2.05, 4.69) is 5.32 Å². The zero-order valence-corrected chi connectivity index (χ0v) is 11.1. The summed E-state index contributed by atoms with van der Waals surface area (Å²) in [7, 11) is 0. The van der Waals surface area contributed by atoms with Crippen molar-refractivity contribution in [2.24, 2.45) is 5.92 Å². The Balaban J connectivity index is 2.42. The number of carbonyl (C=O) groups is 1. The van der Waals surface area contributed by atoms with Gasteiger partial charge in [-0.05, 0) is 36.1 Å². The normalized spacial score (nSPS) is 12.6. The highest BCUT2D eigenvalue weighted by atomic mass is 19.1. The molecule has 0 fully saturated rings. The lowest BCUT2D eigenvalue weighted by atomic mass is 10.0. The summed E-state index contributed by atoms with van der Waals surface area (Å²) in [5.41, 5.74) is 0.651. The third kappa shape index (κ3) is 6.15. The second-order valence-corrected chi connectivity index (χ2v) is 4.42. The minimum Gasteiger partial charge on any atom is -0.396 e. The van der Waals surface area contributed by atoms with Gasteiger partial charge in [-0.2, -0.15) is 0 Å². The Morgan fingerprint density at radius 1 is 1.53 bits per heavy atom. The maximum Gasteiger partial charge on any atom is 0.244 e. The molecule has 0 aromatic heterocycles. The van der Waals surface area contributed by atoms with E-state index in [1.807, 2.05) is 6.92 Å². The molecule has 0 aliphatic rings. The fraction of sp³-hybridized carbons (Fsp3) is 0.400. The van der Waals surface area contributed by atoms with E-state index in [0.29, 0.717) is 18.5 Å². The highest BCUT2D eigenvalue weighted by Crippen LogP contribution is 2.06. The molecule has 1 atom stereocenters. The standard InChI is InChI=1S/C15H20FNO2/c1-2-12(8-9-18)11-17-15(19)7-6-13-4-3-5-14(16)10-13/h3-7,10,12,18H,2,8-9,11H2,1H3,(H,17,19). The zero-order valence-electron chi connectivity index (χ0n) is 11.1. The molecule has 1 rings (SSSR count). The van der Waals surface area contributed by atoms with Crippen LogP contribution in [0.3, 0.4) is 0 Å². The van der Waals surface area contributed by atoms with Crippen LogP contribution in [0.25, 0.3) is 6.08 Å². The quantitative estimate of drug-likeness (QED) is 0.744. The molecule has 1 unspecified atom stereocenters. The molecule has 0 radical (unpaired) electrons. The van der Waals surface area contributed by atoms with Gasteiger partial charge < -0.3 is 10.4 Å². The van der Waals surface area contributed by atoms with Crippen LogP contribution in [0.5, 0.6) is 0 Å². The Kier molecular flexibility index (Phi) is 6.82. The molecule has 19 heavy (non-hydrogen) atoms. The molecular weight excluding hydrogens is 245 g/mol. The first-order valence-electron chi connectivity index (χ1n) is 6.48. The average Bonchev–Trinajstić information content (AvgIpc) is 2.41. The van der Waals surface area contributed by atoms with Crippen LogP contribution in [0.4, 0.5) is 4.39 Å². The molecule has 0 saturated heterocycles. The van der Waals surface area contributed by atoms with Gasteiger partial charge in [-0.3, -0.25) is 4.79 Å². The fourth-order valence-corrected chi connectivity index (χ4v) is 1.72. The second-order valence-electron chi connectivity index (χ2n) is 4.42. The molecule has 2 N–H and O–H groups in total. The van der Waals surface area contributed by atoms with Crippen molar-refractivity contribution in [1.29, 1.82) is 0 Å². The molecule has 0 heterocycles. The molecule has 1 aromatic carbocycles. The van der Waals surface area contributed by atoms with Gasteiger partial charge in [0.2, 0.25) is 5.91 Å². The Morgan fingerprint density at radius 3 is 2.95 bits per heavy atom. The van der Waals surface area contributed by atoms with E-state index in [-0.39, 0.29) is 24.2 Å². The summed E-state index contributed by atoms with van der Waals surface area (Å²) in [5.74, 6) is -0.242. The number of rotatable bonds is 7. The van der Waals surface area contributed by atoms with Crippen LogP contribution in [0.1, 0.15) is 25.3 Å². The van der Waals surface area contributed by atoms with E-state index < -0.39 is 0 Å². The van der Waals surface area contributed by atoms with Crippen molar-refractivity contribution in [3.8, 4) is 0 Å². The Hall–Kier alpha value is -1.68. The van der Waals surface area contributed by atoms with E-state index >= 15 is 0 Å². The zero-order chi connectivity index (χ0) is 14.1. The van der Waals surface area contributed by atoms with E-state index in [9.17, 15) is 9.18 Å². The van der Waals surface area contributed by atoms with Crippen LogP contribution >= 0.6 is 0 Å². The van der Waals surface area contributed by atoms with Gasteiger partial charge in [0.1, 0.15) is 5.82 Å². The maximum atomic E-state index is 12.9. The number of aliphatic hydroxyl groups excluding tert-OH is 1. The SMILES string of the molecule is CCC(CCO)CNC(=O)C=Cc1cccc(F)c1. The van der Waals surface area contributed by atoms with Crippen molar-refractivity contribution in [2.75, 3.05) is 13.2 Å². The molecule has 0 aliphatic heterocycles. The van der Waals surface area contributed by atoms with Crippen LogP contribution in [-0.4, -0.2) is 24.2 Å². The Morgan fingerprint density at radius 2 is 2.32 bits per heavy atom. The first kappa shape index (κ1) is 15.4. The first-order valence-corrected chi connectivity index (χ1v) is 6.48. The van der Waals surface area contributed by atoms with E-state index in [4.69, 9.17) is 5.11 Å². The topological polar surface area (TPSA) is 49.3 Å². The fourth-order valence-electron chi connectivity index (χ4n) is 1.72. The summed E-state index contributed by atoms with van der Waals surface area (Å²) >= 11 is 0. The number of nitrogens with one attached hydrogen (secondary N) is 1. The van der Waals surface area contributed by atoms with Gasteiger partial charge in [0, 0.05) is 19.2 Å². The lowest BCUT2D eigenvalue weighted by Crippen LogP contribution is -2.28. The van der Waals surface area contributed by atoms with Crippen molar-refractivity contribution in [3.05, 3.63) is 41.7 Å². The van der Waals surface area contributed by atoms with Gasteiger partial charge in [-0.25, -0.2) is 4.39 Å². The average molecular weight is 265 g/mol. The number of carbonyl (C=O) groups excluding carboxylic acids is 1. The smallest absolute Gasteiger partial charge is 0.244 e. The summed E-state index contributed by atoms with van der Waals surface area (Å²) in [6.45, 7) is 2.70. The van der Waals surface area contributed by atoms with Crippen molar-refractivity contribution in [2.45, 2.75) is 19.8 Å². The summed E-state index contributed by atoms with van der Waals surface area (Å²) in [4.78, 5) is 11.6. The second kappa shape index (κ2) is 8.43. The highest BCUT2D eigenvalue weighted by Gasteiger charge is 2.06. The summed E-state index contributed by atoms with van der Waals surface area (Å²) in [5, 5.41) is 11.6. The summed E-state index contributed by atoms with van der Waals surface area (Å²) in [6, 6.07) is 6.05. The monoisotopic (exact) mass is 265 g/mol. The van der Waals surface area contributed by atoms with Crippen molar-refractivity contribution < 1.29 is 14.3 Å². The van der Waals surface area contributed by atoms with Gasteiger partial charge in [-0.1, -0.05) is 25.5 Å². The van der Waals surface area contributed by atoms with Gasteiger partial charge >= 0.3 is 0 Å². The van der Waals surface area contributed by atoms with Gasteiger partial charge in [-0.15, -0.1) is 0 Å². The molecule has 104 valence electrons. The third-order valence-electron chi connectivity index (χ3n) is 2.96. The molecule has 0 aliphatic carbocycles. The predicted octanol–water partition coefficient (Wildman–Crippen LogP) is 2.36. The molecule has 4 heteroatoms. The minimum atomic E-state index is -0.323. The van der Waals surface area contributed by atoms with E-state index in [1.165, 1.54) is 18.2 Å². The summed E-state index contributed by atoms with van der Waals surface area (Å²) < 4.78 is 12.9. The molecule has 0 bridgehead atoms. The number of aliphatic hydroxyl groups is 1. The molecule has 0 saturated carbocycles. The van der Waals surface area contributed by atoms with Crippen LogP contribution in [-0.2, 0) is 4.79 Å². The number of hydrogen-bond acceptors (Lipinski definition) is 2. The lowest BCUT2D eigenvalue weighted by Gasteiger charge is -2.13. The predicted molar refractivity (Wildman–Crippen MR) is 73.9 cm³/mol. The summed E-state index contributed by atoms with van der Waals surface area (Å²) in [6.07, 6.45) is 4.56. The van der Waals surface area contributed by atoms with Crippen molar-refractivity contribution in [1.82, 2.24) is 5.32 Å². The van der Waals surface area contributed by atoms with E-state index in [1.54, 1.807) is 18.2 Å². The van der Waals surface area contributed by atoms with Crippen LogP contribution < -0.4 is 5.32 Å². The van der Waals surface area contributed by atoms with Crippen LogP contribution in [0.15, 0.2) is 30.3 Å². The highest BCUT2D eigenvalue weighted by molar-refractivity contribution is 5.91. The number of benzene rings is 1. The van der Waals surface area contributed by atoms with Gasteiger partial charge in [0.15, 0.2) is 0 Å². The minimum absolute atomic E-state index is 0.132. The number of hydrogen-bond donors (Lipinski definition) is 2. The first-order chi connectivity index (χ1) is 9.15. The number of amides is 1. The molecule has 1 aromatic rings. The number of halogens is 1. The molecular formula is C15H20FNO2. The van der Waals surface area contributed by atoms with Gasteiger partial charge in [0.05, 0.1) is 0 Å². The largest absolute Gasteiger partial charge is 0.396 e. The van der Waals surface area contributed by atoms with Gasteiger partial charge in [0.25, 0.3) is 0 Å². The van der Waals surface area contributed by atoms with Crippen LogP contribution in [0.2, 0.25) is 0 Å². The Labute approximate surface area is 113 Å². The van der Waals surface area contributed by atoms with Crippen LogP contribution in [0, 0.1) is 11.7 Å². The van der Waals surface area contributed by atoms with Crippen molar-refractivity contribution in [3.63, 3.8) is 0 Å². The Bertz CT molecular complexity index is 432. The molecule has 1 amide bonds. The lowest BCUT2D eigenvalue weighted by molar-refractivity contribution is -0.116. The maximum absolute atomic E-state index is 12.9. The third-order valence-corrected chi connectivity index (χ3v) is 2.96. The molecule has 3 nitrogen and oxygen atoms in total. The molecule has 0 spiro atoms.